The van der Waals surface area contributed by atoms with Crippen LogP contribution in [-0.4, -0.2) is 17.9 Å². The number of hydrogen-bond donors (Lipinski definition) is 0. The average Bonchev–Trinajstić information content (AvgIpc) is 3.04. The molecule has 5 aliphatic carbocycles. The van der Waals surface area contributed by atoms with Crippen molar-refractivity contribution < 1.29 is 14.3 Å². The lowest BCUT2D eigenvalue weighted by atomic mass is 9.33. The highest BCUT2D eigenvalue weighted by Gasteiger charge is 2.70. The minimum absolute atomic E-state index is 0.000289. The second kappa shape index (κ2) is 15.5. The lowest BCUT2D eigenvalue weighted by Gasteiger charge is -2.70. The molecule has 0 heterocycles. The number of allylic oxidation sites excluding steroid dienone is 2. The molecule has 0 N–H and O–H groups in total. The lowest BCUT2D eigenvalue weighted by Crippen LogP contribution is -2.67. The highest BCUT2D eigenvalue weighted by molar-refractivity contribution is 5.95. The monoisotopic (exact) mass is 679 g/mol. The van der Waals surface area contributed by atoms with Crippen LogP contribution in [0.25, 0.3) is 0 Å². The van der Waals surface area contributed by atoms with Crippen LogP contribution in [0, 0.1) is 56.7 Å². The third kappa shape index (κ3) is 7.28. The van der Waals surface area contributed by atoms with E-state index in [2.05, 4.69) is 68.4 Å². The van der Waals surface area contributed by atoms with Gasteiger partial charge in [-0.05, 0) is 109 Å². The molecule has 0 radical (unpaired) electrons. The normalized spacial score (nSPS) is 41.2. The van der Waals surface area contributed by atoms with Crippen LogP contribution in [0.2, 0.25) is 0 Å². The molecule has 3 nitrogen and oxygen atoms in total. The molecular weight excluding hydrogens is 601 g/mol. The topological polar surface area (TPSA) is 43.4 Å². The van der Waals surface area contributed by atoms with E-state index in [-0.39, 0.29) is 39.7 Å². The van der Waals surface area contributed by atoms with E-state index in [9.17, 15) is 9.59 Å². The first-order valence-electron chi connectivity index (χ1n) is 21.6. The summed E-state index contributed by atoms with van der Waals surface area (Å²) in [4.78, 5) is 27.8. The number of carbonyl (C=O) groups is 2. The van der Waals surface area contributed by atoms with Crippen molar-refractivity contribution in [2.24, 2.45) is 56.7 Å². The van der Waals surface area contributed by atoms with Crippen molar-refractivity contribution in [1.29, 1.82) is 0 Å². The minimum atomic E-state index is -0.135. The fourth-order valence-corrected chi connectivity index (χ4v) is 13.4. The van der Waals surface area contributed by atoms with Gasteiger partial charge in [0, 0.05) is 17.8 Å². The van der Waals surface area contributed by atoms with Crippen LogP contribution in [0.1, 0.15) is 204 Å². The summed E-state index contributed by atoms with van der Waals surface area (Å²) < 4.78 is 6.36. The van der Waals surface area contributed by atoms with Gasteiger partial charge < -0.3 is 4.74 Å². The van der Waals surface area contributed by atoms with E-state index in [0.717, 1.165) is 44.4 Å². The number of ether oxygens (including phenoxy) is 1. The molecule has 49 heavy (non-hydrogen) atoms. The standard InChI is InChI=1S/C46H78O3/c1-10-11-12-13-14-15-16-17-18-19-20-21-22-23-39(48)49-38-26-28-44(7)37(42(38,4)5)25-29-46(9)41(44)36(47)32-35-40-34(3)33(2)24-27-43(40,6)30-31-45(35,46)8/h32-34,37-38,40-41H,10-31H2,1-9H3/t33-,34+,37+,38?,40+,41-,43-,44+,45-,46-/m1/s1. The Hall–Kier alpha value is -1.12. The van der Waals surface area contributed by atoms with Gasteiger partial charge in [0.1, 0.15) is 6.10 Å². The summed E-state index contributed by atoms with van der Waals surface area (Å²) >= 11 is 0. The van der Waals surface area contributed by atoms with Crippen molar-refractivity contribution in [1.82, 2.24) is 0 Å². The third-order valence-electron chi connectivity index (χ3n) is 16.8. The van der Waals surface area contributed by atoms with Gasteiger partial charge in [-0.3, -0.25) is 9.59 Å². The Kier molecular flexibility index (Phi) is 12.3. The first-order valence-corrected chi connectivity index (χ1v) is 21.6. The summed E-state index contributed by atoms with van der Waals surface area (Å²) in [6.45, 7) is 22.0. The SMILES string of the molecule is CCCCCCCCCCCCCCCC(=O)OC1CC[C@]2(C)[C@H]3C(=O)C=C4[C@@H]5[C@@H](C)[C@H](C)CC[C@]5(C)CC[C@@]4(C)[C@]3(C)CC[C@H]2C1(C)C. The quantitative estimate of drug-likeness (QED) is 0.128. The smallest absolute Gasteiger partial charge is 0.306 e. The van der Waals surface area contributed by atoms with E-state index in [4.69, 9.17) is 4.74 Å². The van der Waals surface area contributed by atoms with Gasteiger partial charge >= 0.3 is 5.97 Å². The molecule has 0 saturated heterocycles. The molecule has 0 aromatic heterocycles. The van der Waals surface area contributed by atoms with Crippen molar-refractivity contribution in [3.8, 4) is 0 Å². The maximum Gasteiger partial charge on any atom is 0.306 e. The molecule has 3 heteroatoms. The fraction of sp³-hybridized carbons (Fsp3) is 0.913. The predicted molar refractivity (Wildman–Crippen MR) is 205 cm³/mol. The zero-order chi connectivity index (χ0) is 35.7. The van der Waals surface area contributed by atoms with Crippen LogP contribution < -0.4 is 0 Å². The number of ketones is 1. The van der Waals surface area contributed by atoms with Crippen LogP contribution in [0.4, 0.5) is 0 Å². The number of esters is 1. The fourth-order valence-electron chi connectivity index (χ4n) is 13.4. The summed E-state index contributed by atoms with van der Waals surface area (Å²) in [5.41, 5.74) is 1.72. The van der Waals surface area contributed by atoms with Gasteiger partial charge in [0.2, 0.25) is 0 Å². The molecule has 5 aliphatic rings. The molecule has 1 unspecified atom stereocenters. The minimum Gasteiger partial charge on any atom is -0.462 e. The Morgan fingerprint density at radius 1 is 0.735 bits per heavy atom. The van der Waals surface area contributed by atoms with Crippen LogP contribution in [-0.2, 0) is 14.3 Å². The van der Waals surface area contributed by atoms with Gasteiger partial charge in [-0.15, -0.1) is 0 Å². The molecule has 0 amide bonds. The molecule has 0 aromatic carbocycles. The van der Waals surface area contributed by atoms with Gasteiger partial charge in [0.05, 0.1) is 0 Å². The third-order valence-corrected chi connectivity index (χ3v) is 16.8. The maximum absolute atomic E-state index is 14.7. The molecule has 0 aromatic rings. The van der Waals surface area contributed by atoms with Crippen molar-refractivity contribution in [2.75, 3.05) is 0 Å². The zero-order valence-corrected chi connectivity index (χ0v) is 33.8. The Bertz CT molecular complexity index is 1180. The summed E-state index contributed by atoms with van der Waals surface area (Å²) in [5.74, 6) is 2.74. The highest BCUT2D eigenvalue weighted by Crippen LogP contribution is 2.75. The number of fused-ring (bicyclic) bond motifs is 7. The first kappa shape index (κ1) is 39.1. The molecule has 0 bridgehead atoms. The van der Waals surface area contributed by atoms with Crippen LogP contribution in [0.3, 0.4) is 0 Å². The van der Waals surface area contributed by atoms with Gasteiger partial charge in [0.15, 0.2) is 5.78 Å². The maximum atomic E-state index is 14.7. The predicted octanol–water partition coefficient (Wildman–Crippen LogP) is 13.2. The van der Waals surface area contributed by atoms with E-state index in [1.54, 1.807) is 0 Å². The second-order valence-electron chi connectivity index (χ2n) is 20.1. The Morgan fingerprint density at radius 3 is 1.94 bits per heavy atom. The summed E-state index contributed by atoms with van der Waals surface area (Å²) in [6, 6.07) is 0. The number of hydrogen-bond acceptors (Lipinski definition) is 3. The number of rotatable bonds is 15. The van der Waals surface area contributed by atoms with E-state index < -0.39 is 0 Å². The van der Waals surface area contributed by atoms with Crippen molar-refractivity contribution in [3.63, 3.8) is 0 Å². The van der Waals surface area contributed by atoms with E-state index >= 15 is 0 Å². The van der Waals surface area contributed by atoms with Crippen LogP contribution in [0.5, 0.6) is 0 Å². The largest absolute Gasteiger partial charge is 0.462 e. The molecule has 10 atom stereocenters. The summed E-state index contributed by atoms with van der Waals surface area (Å²) in [5, 5.41) is 0. The average molecular weight is 679 g/mol. The summed E-state index contributed by atoms with van der Waals surface area (Å²) in [6.07, 6.45) is 29.1. The molecule has 280 valence electrons. The lowest BCUT2D eigenvalue weighted by molar-refractivity contribution is -0.211. The van der Waals surface area contributed by atoms with Crippen molar-refractivity contribution >= 4 is 11.8 Å². The van der Waals surface area contributed by atoms with Crippen LogP contribution in [0.15, 0.2) is 11.6 Å². The van der Waals surface area contributed by atoms with E-state index in [0.29, 0.717) is 35.4 Å². The summed E-state index contributed by atoms with van der Waals surface area (Å²) in [7, 11) is 0. The first-order chi connectivity index (χ1) is 23.2. The molecule has 5 rings (SSSR count). The molecule has 0 aliphatic heterocycles. The number of carbonyl (C=O) groups excluding carboxylic acids is 2. The van der Waals surface area contributed by atoms with Gasteiger partial charge in [0.25, 0.3) is 0 Å². The van der Waals surface area contributed by atoms with Crippen molar-refractivity contribution in [2.45, 2.75) is 210 Å². The Labute approximate surface area is 303 Å². The molecule has 0 spiro atoms. The van der Waals surface area contributed by atoms with Crippen molar-refractivity contribution in [3.05, 3.63) is 11.6 Å². The highest BCUT2D eigenvalue weighted by atomic mass is 16.5. The Balaban J connectivity index is 1.15. The molecule has 4 saturated carbocycles. The van der Waals surface area contributed by atoms with Gasteiger partial charge in [-0.25, -0.2) is 0 Å². The second-order valence-corrected chi connectivity index (χ2v) is 20.1. The van der Waals surface area contributed by atoms with E-state index in [1.807, 2.05) is 0 Å². The Morgan fingerprint density at radius 2 is 1.33 bits per heavy atom. The van der Waals surface area contributed by atoms with E-state index in [1.165, 1.54) is 102 Å². The molecular formula is C46H78O3. The molecule has 4 fully saturated rings. The van der Waals surface area contributed by atoms with Crippen LogP contribution >= 0.6 is 0 Å². The van der Waals surface area contributed by atoms with Gasteiger partial charge in [-0.1, -0.05) is 145 Å². The zero-order valence-electron chi connectivity index (χ0n) is 33.8. The van der Waals surface area contributed by atoms with Gasteiger partial charge in [-0.2, -0.15) is 0 Å². The number of unbranched alkanes of at least 4 members (excludes halogenated alkanes) is 12.